The molecule has 2 bridgehead atoms. The summed E-state index contributed by atoms with van der Waals surface area (Å²) in [5.74, 6) is 1.35. The molecule has 39 heavy (non-hydrogen) atoms. The average molecular weight is 539 g/mol. The van der Waals surface area contributed by atoms with E-state index in [1.54, 1.807) is 11.3 Å². The van der Waals surface area contributed by atoms with E-state index in [2.05, 4.69) is 75.9 Å². The van der Waals surface area contributed by atoms with E-state index >= 15 is 0 Å². The number of para-hydroxylation sites is 2. The first-order valence-electron chi connectivity index (χ1n) is 14.7. The standard InChI is InChI=1S/C33H38N4OS/c1-24-34-30-9-5-6-10-31(30)37(24)29-21-27-11-12-28(22-29)36(27)19-16-33(26-7-3-2-4-8-26)14-17-35(18-15-33)32(38)25-13-20-39-23-25/h2-10,13,20,23,27-29H,11-12,14-19,21-22H2,1H3/t27-,28+,29?. The minimum atomic E-state index is 0.139. The molecule has 7 rings (SSSR count). The molecule has 5 heterocycles. The van der Waals surface area contributed by atoms with Crippen LogP contribution in [0.25, 0.3) is 11.0 Å². The summed E-state index contributed by atoms with van der Waals surface area (Å²) in [5.41, 5.74) is 4.85. The second-order valence-corrected chi connectivity index (χ2v) is 12.7. The molecule has 0 aliphatic carbocycles. The van der Waals surface area contributed by atoms with Crippen LogP contribution in [0.15, 0.2) is 71.4 Å². The lowest BCUT2D eigenvalue weighted by molar-refractivity contribution is 0.0607. The summed E-state index contributed by atoms with van der Waals surface area (Å²) < 4.78 is 2.53. The third-order valence-electron chi connectivity index (χ3n) is 10.0. The van der Waals surface area contributed by atoms with Crippen molar-refractivity contribution in [1.29, 1.82) is 0 Å². The molecule has 2 aromatic carbocycles. The molecule has 1 unspecified atom stereocenters. The Labute approximate surface area is 235 Å². The molecular weight excluding hydrogens is 500 g/mol. The van der Waals surface area contributed by atoms with E-state index in [0.717, 1.165) is 49.4 Å². The molecule has 0 N–H and O–H groups in total. The van der Waals surface area contributed by atoms with Gasteiger partial charge in [-0.3, -0.25) is 9.69 Å². The summed E-state index contributed by atoms with van der Waals surface area (Å²) in [4.78, 5) is 22.9. The van der Waals surface area contributed by atoms with Gasteiger partial charge in [-0.1, -0.05) is 42.5 Å². The zero-order valence-electron chi connectivity index (χ0n) is 22.8. The van der Waals surface area contributed by atoms with Gasteiger partial charge in [-0.05, 0) is 93.0 Å². The number of carbonyl (C=O) groups is 1. The molecule has 0 radical (unpaired) electrons. The van der Waals surface area contributed by atoms with Crippen LogP contribution in [0, 0.1) is 6.92 Å². The minimum Gasteiger partial charge on any atom is -0.339 e. The zero-order chi connectivity index (χ0) is 26.4. The van der Waals surface area contributed by atoms with Gasteiger partial charge in [-0.2, -0.15) is 11.3 Å². The number of benzene rings is 2. The van der Waals surface area contributed by atoms with E-state index in [4.69, 9.17) is 4.98 Å². The summed E-state index contributed by atoms with van der Waals surface area (Å²) in [5, 5.41) is 3.98. The van der Waals surface area contributed by atoms with Gasteiger partial charge in [0.05, 0.1) is 16.6 Å². The molecule has 3 aliphatic rings. The van der Waals surface area contributed by atoms with Crippen LogP contribution in [0.1, 0.15) is 72.7 Å². The fourth-order valence-electron chi connectivity index (χ4n) is 7.97. The van der Waals surface area contributed by atoms with Crippen molar-refractivity contribution >= 4 is 28.3 Å². The Morgan fingerprint density at radius 1 is 0.949 bits per heavy atom. The largest absolute Gasteiger partial charge is 0.339 e. The van der Waals surface area contributed by atoms with Crippen molar-refractivity contribution in [3.8, 4) is 0 Å². The maximum atomic E-state index is 13.1. The van der Waals surface area contributed by atoms with Crippen LogP contribution in [-0.2, 0) is 5.41 Å². The molecule has 3 saturated heterocycles. The highest BCUT2D eigenvalue weighted by Gasteiger charge is 2.44. The number of hydrogen-bond donors (Lipinski definition) is 0. The van der Waals surface area contributed by atoms with E-state index < -0.39 is 0 Å². The van der Waals surface area contributed by atoms with Crippen molar-refractivity contribution in [2.24, 2.45) is 0 Å². The molecule has 3 atom stereocenters. The monoisotopic (exact) mass is 538 g/mol. The van der Waals surface area contributed by atoms with E-state index in [0.29, 0.717) is 18.1 Å². The van der Waals surface area contributed by atoms with Crippen molar-refractivity contribution in [3.05, 3.63) is 88.4 Å². The van der Waals surface area contributed by atoms with E-state index in [-0.39, 0.29) is 11.3 Å². The molecule has 5 nitrogen and oxygen atoms in total. The highest BCUT2D eigenvalue weighted by molar-refractivity contribution is 7.08. The third kappa shape index (κ3) is 4.52. The van der Waals surface area contributed by atoms with Gasteiger partial charge < -0.3 is 9.47 Å². The van der Waals surface area contributed by atoms with Crippen LogP contribution in [-0.4, -0.2) is 57.0 Å². The van der Waals surface area contributed by atoms with Crippen molar-refractivity contribution in [2.45, 2.75) is 75.4 Å². The molecule has 3 fully saturated rings. The predicted octanol–water partition coefficient (Wildman–Crippen LogP) is 6.84. The SMILES string of the molecule is Cc1nc2ccccc2n1C1C[C@H]2CC[C@@H](C1)N2CCC1(c2ccccc2)CCN(C(=O)c2ccsc2)CC1. The number of fused-ring (bicyclic) bond motifs is 3. The first-order chi connectivity index (χ1) is 19.1. The second-order valence-electron chi connectivity index (χ2n) is 12.0. The normalized spacial score (nSPS) is 24.8. The van der Waals surface area contributed by atoms with Gasteiger partial charge in [-0.15, -0.1) is 0 Å². The Bertz CT molecular complexity index is 1420. The Kier molecular flexibility index (Phi) is 6.56. The Morgan fingerprint density at radius 2 is 1.67 bits per heavy atom. The number of aromatic nitrogens is 2. The quantitative estimate of drug-likeness (QED) is 0.270. The van der Waals surface area contributed by atoms with Crippen LogP contribution in [0.4, 0.5) is 0 Å². The maximum absolute atomic E-state index is 13.1. The first kappa shape index (κ1) is 25.0. The van der Waals surface area contributed by atoms with Gasteiger partial charge in [0.15, 0.2) is 0 Å². The first-order valence-corrected chi connectivity index (χ1v) is 15.6. The second kappa shape index (κ2) is 10.2. The van der Waals surface area contributed by atoms with E-state index in [9.17, 15) is 4.79 Å². The van der Waals surface area contributed by atoms with Crippen LogP contribution >= 0.6 is 11.3 Å². The maximum Gasteiger partial charge on any atom is 0.254 e. The summed E-state index contributed by atoms with van der Waals surface area (Å²) in [6, 6.07) is 23.6. The number of amides is 1. The summed E-state index contributed by atoms with van der Waals surface area (Å²) in [6.07, 6.45) is 8.32. The van der Waals surface area contributed by atoms with Crippen LogP contribution in [0.3, 0.4) is 0 Å². The number of likely N-dealkylation sites (tertiary alicyclic amines) is 1. The number of imidazole rings is 1. The van der Waals surface area contributed by atoms with Gasteiger partial charge >= 0.3 is 0 Å². The molecule has 0 spiro atoms. The molecule has 1 amide bonds. The molecule has 2 aromatic heterocycles. The number of rotatable bonds is 6. The number of piperidine rings is 2. The lowest BCUT2D eigenvalue weighted by Gasteiger charge is -2.45. The highest BCUT2D eigenvalue weighted by Crippen LogP contribution is 2.45. The van der Waals surface area contributed by atoms with Crippen LogP contribution < -0.4 is 0 Å². The zero-order valence-corrected chi connectivity index (χ0v) is 23.7. The average Bonchev–Trinajstić information content (AvgIpc) is 3.68. The van der Waals surface area contributed by atoms with Gasteiger partial charge in [0.25, 0.3) is 5.91 Å². The summed E-state index contributed by atoms with van der Waals surface area (Å²) in [6.45, 7) is 5.00. The summed E-state index contributed by atoms with van der Waals surface area (Å²) >= 11 is 1.60. The highest BCUT2D eigenvalue weighted by atomic mass is 32.1. The van der Waals surface area contributed by atoms with E-state index in [1.807, 2.05) is 16.8 Å². The molecule has 3 aliphatic heterocycles. The fourth-order valence-corrected chi connectivity index (χ4v) is 8.60. The van der Waals surface area contributed by atoms with Gasteiger partial charge in [0, 0.05) is 36.6 Å². The van der Waals surface area contributed by atoms with Gasteiger partial charge in [0.1, 0.15) is 5.82 Å². The van der Waals surface area contributed by atoms with Crippen molar-refractivity contribution in [3.63, 3.8) is 0 Å². The van der Waals surface area contributed by atoms with Gasteiger partial charge in [-0.25, -0.2) is 4.98 Å². The third-order valence-corrected chi connectivity index (χ3v) is 10.7. The lowest BCUT2D eigenvalue weighted by Crippen LogP contribution is -2.49. The van der Waals surface area contributed by atoms with Crippen LogP contribution in [0.2, 0.25) is 0 Å². The molecule has 202 valence electrons. The van der Waals surface area contributed by atoms with E-state index in [1.165, 1.54) is 43.2 Å². The van der Waals surface area contributed by atoms with Crippen molar-refractivity contribution in [2.75, 3.05) is 19.6 Å². The number of thiophene rings is 1. The minimum absolute atomic E-state index is 0.139. The molecule has 6 heteroatoms. The summed E-state index contributed by atoms with van der Waals surface area (Å²) in [7, 11) is 0. The Balaban J connectivity index is 1.07. The number of carbonyl (C=O) groups excluding carboxylic acids is 1. The smallest absolute Gasteiger partial charge is 0.254 e. The van der Waals surface area contributed by atoms with Crippen molar-refractivity contribution in [1.82, 2.24) is 19.4 Å². The molecule has 0 saturated carbocycles. The topological polar surface area (TPSA) is 41.4 Å². The predicted molar refractivity (Wildman–Crippen MR) is 158 cm³/mol. The van der Waals surface area contributed by atoms with Gasteiger partial charge in [0.2, 0.25) is 0 Å². The van der Waals surface area contributed by atoms with Crippen LogP contribution in [0.5, 0.6) is 0 Å². The molecular formula is C33H38N4OS. The number of aryl methyl sites for hydroxylation is 1. The number of nitrogens with zero attached hydrogens (tertiary/aromatic N) is 4. The number of hydrogen-bond acceptors (Lipinski definition) is 4. The van der Waals surface area contributed by atoms with Crippen molar-refractivity contribution < 1.29 is 4.79 Å². The Morgan fingerprint density at radius 3 is 2.38 bits per heavy atom. The Hall–Kier alpha value is -2.96. The molecule has 4 aromatic rings. The fraction of sp³-hybridized carbons (Fsp3) is 0.455. The lowest BCUT2D eigenvalue weighted by atomic mass is 9.70.